The normalized spacial score (nSPS) is 23.2. The van der Waals surface area contributed by atoms with Gasteiger partial charge in [-0.3, -0.25) is 0 Å². The first-order chi connectivity index (χ1) is 5.79. The zero-order valence-corrected chi connectivity index (χ0v) is 8.76. The van der Waals surface area contributed by atoms with Gasteiger partial charge in [0.1, 0.15) is 0 Å². The average molecular weight is 174 g/mol. The van der Waals surface area contributed by atoms with Crippen LogP contribution in [0.15, 0.2) is 0 Å². The van der Waals surface area contributed by atoms with Crippen LogP contribution in [0, 0.1) is 0 Å². The minimum atomic E-state index is 0.531. The van der Waals surface area contributed by atoms with E-state index in [-0.39, 0.29) is 0 Å². The van der Waals surface area contributed by atoms with Crippen molar-refractivity contribution in [2.24, 2.45) is 0 Å². The van der Waals surface area contributed by atoms with Crippen LogP contribution in [0.25, 0.3) is 0 Å². The molecule has 0 aliphatic carbocycles. The molecule has 0 aromatic heterocycles. The van der Waals surface area contributed by atoms with Gasteiger partial charge in [-0.1, -0.05) is 13.8 Å². The molecule has 3 nitrogen and oxygen atoms in total. The summed E-state index contributed by atoms with van der Waals surface area (Å²) in [5.41, 5.74) is 0. The Bertz CT molecular complexity index is 90.5. The van der Waals surface area contributed by atoms with E-state index in [0.29, 0.717) is 6.04 Å². The monoisotopic (exact) mass is 174 g/mol. The summed E-state index contributed by atoms with van der Waals surface area (Å²) in [6.07, 6.45) is 0. The summed E-state index contributed by atoms with van der Waals surface area (Å²) in [5, 5.41) is 3.38. The summed E-state index contributed by atoms with van der Waals surface area (Å²) >= 11 is 0. The maximum atomic E-state index is 5.29. The highest BCUT2D eigenvalue weighted by atomic mass is 16.5. The van der Waals surface area contributed by atoms with E-state index in [9.17, 15) is 0 Å². The van der Waals surface area contributed by atoms with Crippen molar-refractivity contribution in [3.63, 3.8) is 0 Å². The number of hydrogen-bond donors (Lipinski definition) is 1. The van der Waals surface area contributed by atoms with Crippen LogP contribution >= 0.6 is 0 Å². The number of likely N-dealkylation sites (N-methyl/N-ethyl adjacent to an activating group) is 1. The minimum absolute atomic E-state index is 0.531. The van der Waals surface area contributed by atoms with Crippen molar-refractivity contribution in [3.05, 3.63) is 0 Å². The van der Waals surface area contributed by atoms with Gasteiger partial charge in [0.25, 0.3) is 0 Å². The van der Waals surface area contributed by atoms with Crippen molar-refractivity contribution in [2.75, 3.05) is 40.4 Å². The van der Waals surface area contributed by atoms with Crippen molar-refractivity contribution < 1.29 is 4.74 Å². The van der Waals surface area contributed by atoms with Gasteiger partial charge in [-0.05, 0) is 14.1 Å². The molecule has 1 unspecified atom stereocenters. The molecule has 0 spiro atoms. The topological polar surface area (TPSA) is 24.5 Å². The first-order valence-corrected chi connectivity index (χ1v) is 4.75. The second-order valence-corrected chi connectivity index (χ2v) is 2.99. The summed E-state index contributed by atoms with van der Waals surface area (Å²) in [6, 6.07) is 0.531. The minimum Gasteiger partial charge on any atom is -0.378 e. The van der Waals surface area contributed by atoms with E-state index in [4.69, 9.17) is 4.74 Å². The van der Waals surface area contributed by atoms with E-state index in [1.165, 1.54) is 0 Å². The Balaban J connectivity index is 0.000000561. The third kappa shape index (κ3) is 5.52. The highest BCUT2D eigenvalue weighted by Crippen LogP contribution is 1.93. The zero-order valence-electron chi connectivity index (χ0n) is 8.76. The number of ether oxygens (including phenoxy) is 1. The first kappa shape index (κ1) is 11.9. The van der Waals surface area contributed by atoms with Gasteiger partial charge < -0.3 is 15.0 Å². The third-order valence-corrected chi connectivity index (χ3v) is 1.58. The number of morpholine rings is 1. The quantitative estimate of drug-likeness (QED) is 0.662. The van der Waals surface area contributed by atoms with Gasteiger partial charge in [-0.2, -0.15) is 0 Å². The largest absolute Gasteiger partial charge is 0.378 e. The molecular formula is C9H22N2O. The lowest BCUT2D eigenvalue weighted by atomic mass is 10.3. The summed E-state index contributed by atoms with van der Waals surface area (Å²) in [4.78, 5) is 2.17. The fourth-order valence-corrected chi connectivity index (χ4v) is 1.18. The molecular weight excluding hydrogens is 152 g/mol. The van der Waals surface area contributed by atoms with Crippen molar-refractivity contribution in [2.45, 2.75) is 19.9 Å². The second kappa shape index (κ2) is 7.53. The van der Waals surface area contributed by atoms with Crippen LogP contribution in [0.5, 0.6) is 0 Å². The van der Waals surface area contributed by atoms with Crippen molar-refractivity contribution in [3.8, 4) is 0 Å². The van der Waals surface area contributed by atoms with Crippen LogP contribution in [-0.4, -0.2) is 51.3 Å². The fraction of sp³-hybridized carbons (Fsp3) is 1.00. The first-order valence-electron chi connectivity index (χ1n) is 4.75. The lowest BCUT2D eigenvalue weighted by Gasteiger charge is -2.26. The molecule has 0 aromatic carbocycles. The van der Waals surface area contributed by atoms with Gasteiger partial charge in [0.15, 0.2) is 0 Å². The van der Waals surface area contributed by atoms with Crippen LogP contribution in [0.2, 0.25) is 0 Å². The molecule has 12 heavy (non-hydrogen) atoms. The van der Waals surface area contributed by atoms with Gasteiger partial charge in [0.2, 0.25) is 0 Å². The standard InChI is InChI=1S/C7H16N2O.C2H6/c1-9(2)5-7-6-10-4-3-8-7;1-2/h7-8H,3-6H2,1-2H3;1-2H3. The van der Waals surface area contributed by atoms with E-state index in [0.717, 1.165) is 26.3 Å². The van der Waals surface area contributed by atoms with Gasteiger partial charge in [0.05, 0.1) is 13.2 Å². The molecule has 1 atom stereocenters. The maximum Gasteiger partial charge on any atom is 0.0632 e. The predicted octanol–water partition coefficient (Wildman–Crippen LogP) is 0.563. The summed E-state index contributed by atoms with van der Waals surface area (Å²) < 4.78 is 5.29. The van der Waals surface area contributed by atoms with Crippen LogP contribution in [0.1, 0.15) is 13.8 Å². The summed E-state index contributed by atoms with van der Waals surface area (Å²) in [6.45, 7) is 7.79. The molecule has 0 saturated carbocycles. The molecule has 1 heterocycles. The van der Waals surface area contributed by atoms with Crippen molar-refractivity contribution in [1.82, 2.24) is 10.2 Å². The Morgan fingerprint density at radius 1 is 1.42 bits per heavy atom. The van der Waals surface area contributed by atoms with Crippen LogP contribution < -0.4 is 5.32 Å². The van der Waals surface area contributed by atoms with E-state index in [2.05, 4.69) is 24.3 Å². The SMILES string of the molecule is CC.CN(C)CC1COCCN1. The molecule has 1 saturated heterocycles. The van der Waals surface area contributed by atoms with Crippen LogP contribution in [-0.2, 0) is 4.74 Å². The Kier molecular flexibility index (Phi) is 7.45. The van der Waals surface area contributed by atoms with Gasteiger partial charge in [-0.25, -0.2) is 0 Å². The lowest BCUT2D eigenvalue weighted by Crippen LogP contribution is -2.46. The molecule has 0 aromatic rings. The maximum absolute atomic E-state index is 5.29. The lowest BCUT2D eigenvalue weighted by molar-refractivity contribution is 0.0680. The predicted molar refractivity (Wildman–Crippen MR) is 52.5 cm³/mol. The Labute approximate surface area is 76.1 Å². The average Bonchev–Trinajstić information content (AvgIpc) is 2.08. The molecule has 3 heteroatoms. The Morgan fingerprint density at radius 3 is 2.50 bits per heavy atom. The molecule has 1 aliphatic heterocycles. The highest BCUT2D eigenvalue weighted by molar-refractivity contribution is 4.71. The molecule has 0 amide bonds. The number of nitrogens with zero attached hydrogens (tertiary/aromatic N) is 1. The Morgan fingerprint density at radius 2 is 2.08 bits per heavy atom. The molecule has 1 aliphatic rings. The van der Waals surface area contributed by atoms with E-state index in [1.54, 1.807) is 0 Å². The molecule has 1 N–H and O–H groups in total. The van der Waals surface area contributed by atoms with Crippen LogP contribution in [0.4, 0.5) is 0 Å². The fourth-order valence-electron chi connectivity index (χ4n) is 1.18. The zero-order chi connectivity index (χ0) is 9.40. The Hall–Kier alpha value is -0.120. The van der Waals surface area contributed by atoms with Gasteiger partial charge in [-0.15, -0.1) is 0 Å². The molecule has 1 fully saturated rings. The van der Waals surface area contributed by atoms with E-state index >= 15 is 0 Å². The van der Waals surface area contributed by atoms with Crippen molar-refractivity contribution >= 4 is 0 Å². The van der Waals surface area contributed by atoms with Gasteiger partial charge in [0, 0.05) is 19.1 Å². The highest BCUT2D eigenvalue weighted by Gasteiger charge is 2.12. The van der Waals surface area contributed by atoms with E-state index < -0.39 is 0 Å². The summed E-state index contributed by atoms with van der Waals surface area (Å²) in [5.74, 6) is 0. The molecule has 0 radical (unpaired) electrons. The second-order valence-electron chi connectivity index (χ2n) is 2.99. The smallest absolute Gasteiger partial charge is 0.0632 e. The molecule has 74 valence electrons. The van der Waals surface area contributed by atoms with Gasteiger partial charge >= 0.3 is 0 Å². The molecule has 1 rings (SSSR count). The third-order valence-electron chi connectivity index (χ3n) is 1.58. The van der Waals surface area contributed by atoms with E-state index in [1.807, 2.05) is 13.8 Å². The van der Waals surface area contributed by atoms with Crippen LogP contribution in [0.3, 0.4) is 0 Å². The number of rotatable bonds is 2. The molecule has 0 bridgehead atoms. The number of nitrogens with one attached hydrogen (secondary N) is 1. The summed E-state index contributed by atoms with van der Waals surface area (Å²) in [7, 11) is 4.16. The van der Waals surface area contributed by atoms with Crippen molar-refractivity contribution in [1.29, 1.82) is 0 Å². The number of hydrogen-bond acceptors (Lipinski definition) is 3.